The zero-order chi connectivity index (χ0) is 27.6. The van der Waals surface area contributed by atoms with Gasteiger partial charge in [-0.15, -0.1) is 0 Å². The number of carbonyl (C=O) groups excluding carboxylic acids is 1. The van der Waals surface area contributed by atoms with Crippen LogP contribution in [0.3, 0.4) is 0 Å². The van der Waals surface area contributed by atoms with E-state index in [9.17, 15) is 25.1 Å². The third-order valence-corrected chi connectivity index (χ3v) is 7.16. The van der Waals surface area contributed by atoms with Gasteiger partial charge in [-0.1, -0.05) is 60.7 Å². The Morgan fingerprint density at radius 3 is 2.51 bits per heavy atom. The molecule has 4 rings (SSSR count). The number of hydrogen-bond donors (Lipinski definition) is 3. The van der Waals surface area contributed by atoms with Crippen molar-refractivity contribution in [1.29, 1.82) is 5.26 Å². The lowest BCUT2D eigenvalue weighted by Gasteiger charge is -2.25. The number of carboxylic acid groups (broad SMARTS) is 1. The predicted molar refractivity (Wildman–Crippen MR) is 148 cm³/mol. The van der Waals surface area contributed by atoms with Gasteiger partial charge in [-0.05, 0) is 42.2 Å². The van der Waals surface area contributed by atoms with Crippen LogP contribution in [0.5, 0.6) is 0 Å². The number of hydrogen-bond acceptors (Lipinski definition) is 7. The standard InChI is InChI=1S/C29H28N4O5S/c30-18-21-10-4-5-11-22(21)19-39-17-16-33(29(36)37)28(35)32-24(15-14-20-8-2-1-3-9-20)26(34)27-31-23-12-6-7-13-25(23)38-27/h1-13,24,26,34H,14-17,19H2,(H,32,35)(H,36,37)/t24-,26?/m0/s1. The van der Waals surface area contributed by atoms with Crippen LogP contribution < -0.4 is 5.32 Å². The molecular formula is C29H28N4O5S. The minimum Gasteiger partial charge on any atom is -0.465 e. The maximum absolute atomic E-state index is 13.1. The number of imide groups is 1. The van der Waals surface area contributed by atoms with Crippen LogP contribution in [0.1, 0.15) is 35.1 Å². The first-order valence-corrected chi connectivity index (χ1v) is 13.6. The van der Waals surface area contributed by atoms with E-state index in [-0.39, 0.29) is 12.4 Å². The molecule has 0 fully saturated rings. The van der Waals surface area contributed by atoms with E-state index < -0.39 is 24.3 Å². The molecule has 200 valence electrons. The number of aliphatic hydroxyl groups excluding tert-OH is 1. The molecule has 0 radical (unpaired) electrons. The van der Waals surface area contributed by atoms with Gasteiger partial charge in [0.1, 0.15) is 5.52 Å². The lowest BCUT2D eigenvalue weighted by molar-refractivity contribution is 0.0948. The van der Waals surface area contributed by atoms with Gasteiger partial charge in [-0.3, -0.25) is 0 Å². The van der Waals surface area contributed by atoms with Crippen molar-refractivity contribution in [1.82, 2.24) is 15.2 Å². The summed E-state index contributed by atoms with van der Waals surface area (Å²) in [7, 11) is 0. The Labute approximate surface area is 230 Å². The number of benzene rings is 3. The first-order chi connectivity index (χ1) is 19.0. The third-order valence-electron chi connectivity index (χ3n) is 6.17. The van der Waals surface area contributed by atoms with E-state index in [0.717, 1.165) is 11.1 Å². The van der Waals surface area contributed by atoms with Gasteiger partial charge in [0.2, 0.25) is 5.89 Å². The van der Waals surface area contributed by atoms with E-state index in [4.69, 9.17) is 4.42 Å². The Bertz CT molecular complexity index is 1420. The monoisotopic (exact) mass is 544 g/mol. The number of oxazole rings is 1. The maximum Gasteiger partial charge on any atom is 0.415 e. The van der Waals surface area contributed by atoms with Gasteiger partial charge < -0.3 is 19.9 Å². The van der Waals surface area contributed by atoms with Crippen molar-refractivity contribution in [3.05, 3.63) is 101 Å². The van der Waals surface area contributed by atoms with E-state index in [1.165, 1.54) is 11.8 Å². The van der Waals surface area contributed by atoms with Crippen LogP contribution in [-0.2, 0) is 12.2 Å². The van der Waals surface area contributed by atoms with Crippen molar-refractivity contribution in [2.24, 2.45) is 0 Å². The molecule has 0 spiro atoms. The lowest BCUT2D eigenvalue weighted by Crippen LogP contribution is -2.49. The number of nitriles is 1. The Morgan fingerprint density at radius 2 is 1.77 bits per heavy atom. The van der Waals surface area contributed by atoms with Crippen molar-refractivity contribution in [3.8, 4) is 6.07 Å². The quantitative estimate of drug-likeness (QED) is 0.215. The molecule has 4 aromatic rings. The molecule has 3 aromatic carbocycles. The number of urea groups is 1. The van der Waals surface area contributed by atoms with Crippen molar-refractivity contribution in [2.75, 3.05) is 12.3 Å². The predicted octanol–water partition coefficient (Wildman–Crippen LogP) is 5.36. The van der Waals surface area contributed by atoms with Gasteiger partial charge in [-0.2, -0.15) is 17.0 Å². The van der Waals surface area contributed by atoms with Crippen LogP contribution in [0.25, 0.3) is 11.1 Å². The van der Waals surface area contributed by atoms with Crippen molar-refractivity contribution in [3.63, 3.8) is 0 Å². The summed E-state index contributed by atoms with van der Waals surface area (Å²) in [6, 6.07) is 24.3. The number of amides is 3. The number of para-hydroxylation sites is 2. The fraction of sp³-hybridized carbons (Fsp3) is 0.241. The fourth-order valence-electron chi connectivity index (χ4n) is 4.08. The highest BCUT2D eigenvalue weighted by Crippen LogP contribution is 2.25. The Balaban J connectivity index is 1.43. The average molecular weight is 545 g/mol. The maximum atomic E-state index is 13.1. The van der Waals surface area contributed by atoms with Crippen LogP contribution >= 0.6 is 11.8 Å². The molecule has 0 saturated heterocycles. The van der Waals surface area contributed by atoms with Crippen LogP contribution in [0, 0.1) is 11.3 Å². The van der Waals surface area contributed by atoms with Gasteiger partial charge in [0.05, 0.1) is 17.7 Å². The van der Waals surface area contributed by atoms with Crippen LogP contribution in [0.2, 0.25) is 0 Å². The molecule has 3 amide bonds. The van der Waals surface area contributed by atoms with Crippen molar-refractivity contribution < 1.29 is 24.2 Å². The molecule has 9 nitrogen and oxygen atoms in total. The third kappa shape index (κ3) is 7.37. The van der Waals surface area contributed by atoms with Crippen LogP contribution in [0.4, 0.5) is 9.59 Å². The highest BCUT2D eigenvalue weighted by atomic mass is 32.2. The summed E-state index contributed by atoms with van der Waals surface area (Å²) in [5.41, 5.74) is 3.49. The number of rotatable bonds is 11. The molecule has 0 aliphatic rings. The normalized spacial score (nSPS) is 12.4. The highest BCUT2D eigenvalue weighted by molar-refractivity contribution is 7.98. The lowest BCUT2D eigenvalue weighted by atomic mass is 10.0. The number of aryl methyl sites for hydroxylation is 1. The van der Waals surface area contributed by atoms with E-state index in [1.807, 2.05) is 42.5 Å². The van der Waals surface area contributed by atoms with Gasteiger partial charge in [0, 0.05) is 18.1 Å². The first-order valence-electron chi connectivity index (χ1n) is 12.4. The summed E-state index contributed by atoms with van der Waals surface area (Å²) in [6.45, 7) is -0.0645. The topological polar surface area (TPSA) is 140 Å². The second-order valence-electron chi connectivity index (χ2n) is 8.80. The number of carbonyl (C=O) groups is 2. The molecule has 2 atom stereocenters. The van der Waals surface area contributed by atoms with E-state index in [1.54, 1.807) is 36.4 Å². The zero-order valence-corrected chi connectivity index (χ0v) is 21.9. The highest BCUT2D eigenvalue weighted by Gasteiger charge is 2.30. The van der Waals surface area contributed by atoms with Crippen molar-refractivity contribution >= 4 is 35.0 Å². The second kappa shape index (κ2) is 13.5. The Kier molecular flexibility index (Phi) is 9.56. The summed E-state index contributed by atoms with van der Waals surface area (Å²) in [5.74, 6) is 0.889. The number of thioether (sulfide) groups is 1. The number of aliphatic hydroxyl groups is 1. The van der Waals surface area contributed by atoms with E-state index in [2.05, 4.69) is 16.4 Å². The molecular weight excluding hydrogens is 516 g/mol. The zero-order valence-electron chi connectivity index (χ0n) is 21.1. The van der Waals surface area contributed by atoms with E-state index >= 15 is 0 Å². The molecule has 3 N–H and O–H groups in total. The number of nitrogens with zero attached hydrogens (tertiary/aromatic N) is 3. The SMILES string of the molecule is N#Cc1ccccc1CSCCN(C(=O)O)C(=O)N[C@@H](CCc1ccccc1)C(O)c1nc2ccccc2o1. The minimum atomic E-state index is -1.40. The summed E-state index contributed by atoms with van der Waals surface area (Å²) in [5, 5.41) is 32.8. The molecule has 0 saturated carbocycles. The molecule has 0 aliphatic carbocycles. The molecule has 0 bridgehead atoms. The first kappa shape index (κ1) is 27.7. The molecule has 1 aromatic heterocycles. The summed E-state index contributed by atoms with van der Waals surface area (Å²) < 4.78 is 5.72. The van der Waals surface area contributed by atoms with E-state index in [0.29, 0.717) is 45.9 Å². The van der Waals surface area contributed by atoms with Gasteiger partial charge in [0.15, 0.2) is 11.7 Å². The van der Waals surface area contributed by atoms with Crippen LogP contribution in [-0.4, -0.2) is 50.6 Å². The number of nitrogens with one attached hydrogen (secondary N) is 1. The number of fused-ring (bicyclic) bond motifs is 1. The van der Waals surface area contributed by atoms with Crippen molar-refractivity contribution in [2.45, 2.75) is 30.7 Å². The molecule has 39 heavy (non-hydrogen) atoms. The number of aromatic nitrogens is 1. The minimum absolute atomic E-state index is 0.0446. The summed E-state index contributed by atoms with van der Waals surface area (Å²) in [4.78, 5) is 30.1. The molecule has 1 unspecified atom stereocenters. The fourth-order valence-corrected chi connectivity index (χ4v) is 5.01. The molecule has 0 aliphatic heterocycles. The smallest absolute Gasteiger partial charge is 0.415 e. The Morgan fingerprint density at radius 1 is 1.05 bits per heavy atom. The van der Waals surface area contributed by atoms with Gasteiger partial charge >= 0.3 is 12.1 Å². The van der Waals surface area contributed by atoms with Gasteiger partial charge in [-0.25, -0.2) is 19.5 Å². The Hall–Kier alpha value is -4.33. The second-order valence-corrected chi connectivity index (χ2v) is 9.91. The van der Waals surface area contributed by atoms with Gasteiger partial charge in [0.25, 0.3) is 0 Å². The largest absolute Gasteiger partial charge is 0.465 e. The van der Waals surface area contributed by atoms with Crippen LogP contribution in [0.15, 0.2) is 83.3 Å². The average Bonchev–Trinajstić information content (AvgIpc) is 3.39. The molecule has 10 heteroatoms. The summed E-state index contributed by atoms with van der Waals surface area (Å²) >= 11 is 1.42. The summed E-state index contributed by atoms with van der Waals surface area (Å²) in [6.07, 6.45) is -1.84. The molecule has 1 heterocycles.